The van der Waals surface area contributed by atoms with Gasteiger partial charge in [-0.15, -0.1) is 0 Å². The normalized spacial score (nSPS) is 13.7. The van der Waals surface area contributed by atoms with Crippen molar-refractivity contribution in [2.24, 2.45) is 0 Å². The number of methoxy groups -OCH3 is 1. The molecule has 1 rings (SSSR count). The van der Waals surface area contributed by atoms with Crippen molar-refractivity contribution in [3.8, 4) is 0 Å². The Morgan fingerprint density at radius 3 is 2.63 bits per heavy atom. The summed E-state index contributed by atoms with van der Waals surface area (Å²) in [7, 11) is 1.58. The first-order chi connectivity index (χ1) is 9.07. The first-order valence-electron chi connectivity index (χ1n) is 6.59. The van der Waals surface area contributed by atoms with Gasteiger partial charge in [0.1, 0.15) is 0 Å². The van der Waals surface area contributed by atoms with Crippen LogP contribution in [0.1, 0.15) is 25.8 Å². The van der Waals surface area contributed by atoms with Gasteiger partial charge in [0.2, 0.25) is 0 Å². The molecule has 1 aromatic rings. The van der Waals surface area contributed by atoms with Gasteiger partial charge in [-0.3, -0.25) is 0 Å². The molecule has 0 aliphatic rings. The minimum atomic E-state index is -0.835. The molecule has 1 unspecified atom stereocenters. The third-order valence-corrected chi connectivity index (χ3v) is 3.06. The van der Waals surface area contributed by atoms with Gasteiger partial charge in [0.15, 0.2) is 5.54 Å². The zero-order valence-electron chi connectivity index (χ0n) is 12.2. The maximum absolute atomic E-state index is 12.2. The molecule has 0 aliphatic carbocycles. The topological polar surface area (TPSA) is 47.6 Å². The number of hydrogen-bond acceptors (Lipinski definition) is 4. The molecular weight excluding hydrogens is 242 g/mol. The van der Waals surface area contributed by atoms with Crippen LogP contribution >= 0.6 is 0 Å². The number of anilines is 1. The van der Waals surface area contributed by atoms with Crippen LogP contribution in [0, 0.1) is 6.92 Å². The van der Waals surface area contributed by atoms with Gasteiger partial charge >= 0.3 is 5.97 Å². The molecular formula is C15H23NO3. The van der Waals surface area contributed by atoms with Crippen molar-refractivity contribution in [1.29, 1.82) is 0 Å². The molecule has 1 aromatic carbocycles. The number of aryl methyl sites for hydroxylation is 1. The third-order valence-electron chi connectivity index (χ3n) is 3.06. The monoisotopic (exact) mass is 265 g/mol. The Balaban J connectivity index is 2.99. The fourth-order valence-corrected chi connectivity index (χ4v) is 2.00. The smallest absolute Gasteiger partial charge is 0.334 e. The second-order valence-electron chi connectivity index (χ2n) is 4.58. The largest absolute Gasteiger partial charge is 0.464 e. The van der Waals surface area contributed by atoms with Crippen molar-refractivity contribution < 1.29 is 14.3 Å². The van der Waals surface area contributed by atoms with E-state index in [1.165, 1.54) is 0 Å². The van der Waals surface area contributed by atoms with E-state index in [0.29, 0.717) is 13.0 Å². The molecule has 0 spiro atoms. The summed E-state index contributed by atoms with van der Waals surface area (Å²) in [5, 5.41) is 3.27. The lowest BCUT2D eigenvalue weighted by molar-refractivity contribution is -0.150. The number of hydrogen-bond donors (Lipinski definition) is 1. The molecule has 0 amide bonds. The molecule has 106 valence electrons. The molecule has 0 bridgehead atoms. The van der Waals surface area contributed by atoms with Gasteiger partial charge in [-0.25, -0.2) is 4.79 Å². The Morgan fingerprint density at radius 1 is 1.37 bits per heavy atom. The van der Waals surface area contributed by atoms with E-state index < -0.39 is 5.54 Å². The molecule has 1 atom stereocenters. The molecule has 0 aliphatic heterocycles. The SMILES string of the molecule is CCOC(=O)C(CC)(COC)Nc1cccc(C)c1. The van der Waals surface area contributed by atoms with Gasteiger partial charge in [0, 0.05) is 12.8 Å². The first-order valence-corrected chi connectivity index (χ1v) is 6.59. The van der Waals surface area contributed by atoms with E-state index >= 15 is 0 Å². The maximum atomic E-state index is 12.2. The van der Waals surface area contributed by atoms with Gasteiger partial charge in [0.25, 0.3) is 0 Å². The zero-order valence-corrected chi connectivity index (χ0v) is 12.2. The number of nitrogens with one attached hydrogen (secondary N) is 1. The van der Waals surface area contributed by atoms with Gasteiger partial charge in [-0.1, -0.05) is 19.1 Å². The number of esters is 1. The summed E-state index contributed by atoms with van der Waals surface area (Å²) in [5.74, 6) is -0.277. The van der Waals surface area contributed by atoms with Gasteiger partial charge in [0.05, 0.1) is 13.2 Å². The summed E-state index contributed by atoms with van der Waals surface area (Å²) in [5.41, 5.74) is 1.20. The van der Waals surface area contributed by atoms with Gasteiger partial charge < -0.3 is 14.8 Å². The van der Waals surface area contributed by atoms with Crippen molar-refractivity contribution in [3.05, 3.63) is 29.8 Å². The standard InChI is InChI=1S/C15H23NO3/c1-5-15(11-18-4,14(17)19-6-2)16-13-9-7-8-12(3)10-13/h7-10,16H,5-6,11H2,1-4H3. The predicted molar refractivity (Wildman–Crippen MR) is 76.3 cm³/mol. The van der Waals surface area contributed by atoms with Crippen LogP contribution < -0.4 is 5.32 Å². The van der Waals surface area contributed by atoms with Crippen molar-refractivity contribution in [2.75, 3.05) is 25.6 Å². The van der Waals surface area contributed by atoms with Crippen molar-refractivity contribution in [1.82, 2.24) is 0 Å². The highest BCUT2D eigenvalue weighted by atomic mass is 16.5. The van der Waals surface area contributed by atoms with E-state index in [2.05, 4.69) is 5.32 Å². The fourth-order valence-electron chi connectivity index (χ4n) is 2.00. The second-order valence-corrected chi connectivity index (χ2v) is 4.58. The molecule has 19 heavy (non-hydrogen) atoms. The number of rotatable bonds is 7. The van der Waals surface area contributed by atoms with Crippen LogP contribution in [0.5, 0.6) is 0 Å². The molecule has 0 aromatic heterocycles. The molecule has 0 radical (unpaired) electrons. The van der Waals surface area contributed by atoms with E-state index in [-0.39, 0.29) is 12.6 Å². The minimum Gasteiger partial charge on any atom is -0.464 e. The van der Waals surface area contributed by atoms with E-state index in [1.54, 1.807) is 14.0 Å². The molecule has 0 heterocycles. The van der Waals surface area contributed by atoms with Crippen LogP contribution in [0.25, 0.3) is 0 Å². The van der Waals surface area contributed by atoms with E-state index in [0.717, 1.165) is 11.3 Å². The zero-order chi connectivity index (χ0) is 14.3. The number of carbonyl (C=O) groups is 1. The molecule has 0 saturated carbocycles. The first kappa shape index (κ1) is 15.5. The Morgan fingerprint density at radius 2 is 2.11 bits per heavy atom. The lowest BCUT2D eigenvalue weighted by Crippen LogP contribution is -2.50. The van der Waals surface area contributed by atoms with E-state index in [9.17, 15) is 4.79 Å². The Hall–Kier alpha value is -1.55. The highest BCUT2D eigenvalue weighted by Crippen LogP contribution is 2.22. The van der Waals surface area contributed by atoms with Crippen molar-refractivity contribution in [3.63, 3.8) is 0 Å². The Kier molecular flexibility index (Phi) is 5.83. The van der Waals surface area contributed by atoms with E-state index in [4.69, 9.17) is 9.47 Å². The molecule has 0 fully saturated rings. The van der Waals surface area contributed by atoms with Crippen LogP contribution in [0.2, 0.25) is 0 Å². The summed E-state index contributed by atoms with van der Waals surface area (Å²) in [6.45, 7) is 6.39. The lowest BCUT2D eigenvalue weighted by atomic mass is 9.96. The van der Waals surface area contributed by atoms with Crippen molar-refractivity contribution >= 4 is 11.7 Å². The summed E-state index contributed by atoms with van der Waals surface area (Å²) >= 11 is 0. The van der Waals surface area contributed by atoms with Crippen LogP contribution in [0.4, 0.5) is 5.69 Å². The van der Waals surface area contributed by atoms with E-state index in [1.807, 2.05) is 38.1 Å². The van der Waals surface area contributed by atoms with Crippen LogP contribution in [0.15, 0.2) is 24.3 Å². The summed E-state index contributed by atoms with van der Waals surface area (Å²) in [6.07, 6.45) is 0.591. The highest BCUT2D eigenvalue weighted by molar-refractivity contribution is 5.84. The Bertz CT molecular complexity index is 420. The number of ether oxygens (including phenoxy) is 2. The molecule has 4 heteroatoms. The van der Waals surface area contributed by atoms with Crippen LogP contribution in [0.3, 0.4) is 0 Å². The molecule has 0 saturated heterocycles. The van der Waals surface area contributed by atoms with Crippen LogP contribution in [-0.2, 0) is 14.3 Å². The van der Waals surface area contributed by atoms with Crippen LogP contribution in [-0.4, -0.2) is 31.8 Å². The average molecular weight is 265 g/mol. The number of carbonyl (C=O) groups excluding carboxylic acids is 1. The Labute approximate surface area is 115 Å². The summed E-state index contributed by atoms with van der Waals surface area (Å²) < 4.78 is 10.4. The quantitative estimate of drug-likeness (QED) is 0.770. The maximum Gasteiger partial charge on any atom is 0.334 e. The molecule has 4 nitrogen and oxygen atoms in total. The van der Waals surface area contributed by atoms with Gasteiger partial charge in [-0.2, -0.15) is 0 Å². The lowest BCUT2D eigenvalue weighted by Gasteiger charge is -2.31. The molecule has 1 N–H and O–H groups in total. The number of benzene rings is 1. The second kappa shape index (κ2) is 7.14. The summed E-state index contributed by atoms with van der Waals surface area (Å²) in [4.78, 5) is 12.2. The van der Waals surface area contributed by atoms with Gasteiger partial charge in [-0.05, 0) is 38.0 Å². The highest BCUT2D eigenvalue weighted by Gasteiger charge is 2.38. The minimum absolute atomic E-state index is 0.274. The average Bonchev–Trinajstić information content (AvgIpc) is 2.38. The fraction of sp³-hybridized carbons (Fsp3) is 0.533. The third kappa shape index (κ3) is 3.96. The van der Waals surface area contributed by atoms with Crippen molar-refractivity contribution in [2.45, 2.75) is 32.7 Å². The summed E-state index contributed by atoms with van der Waals surface area (Å²) in [6, 6.07) is 7.90. The predicted octanol–water partition coefficient (Wildman–Crippen LogP) is 2.77.